The first kappa shape index (κ1) is 19.1. The molecule has 2 heterocycles. The molecule has 4 nitrogen and oxygen atoms in total. The number of rotatable bonds is 5. The predicted octanol–water partition coefficient (Wildman–Crippen LogP) is 1.27. The first-order valence-electron chi connectivity index (χ1n) is 11.6. The van der Waals surface area contributed by atoms with Gasteiger partial charge in [-0.2, -0.15) is 0 Å². The molecule has 1 saturated carbocycles. The number of quaternary nitrogens is 2. The van der Waals surface area contributed by atoms with Gasteiger partial charge in [0, 0.05) is 21.8 Å². The lowest BCUT2D eigenvalue weighted by atomic mass is 9.94. The third-order valence-corrected chi connectivity index (χ3v) is 7.38. The average molecular weight is 394 g/mol. The van der Waals surface area contributed by atoms with Crippen LogP contribution in [0, 0.1) is 0 Å². The molecule has 29 heavy (non-hydrogen) atoms. The Kier molecular flexibility index (Phi) is 5.58. The van der Waals surface area contributed by atoms with Gasteiger partial charge in [0.05, 0.1) is 12.6 Å². The zero-order chi connectivity index (χ0) is 19.6. The van der Waals surface area contributed by atoms with Crippen LogP contribution in [0.1, 0.15) is 32.1 Å². The van der Waals surface area contributed by atoms with Crippen molar-refractivity contribution in [2.24, 2.45) is 0 Å². The minimum absolute atomic E-state index is 0.305. The summed E-state index contributed by atoms with van der Waals surface area (Å²) in [6.07, 6.45) is 6.86. The quantitative estimate of drug-likeness (QED) is 0.600. The number of nitrogens with one attached hydrogen (secondary N) is 2. The summed E-state index contributed by atoms with van der Waals surface area (Å²) in [4.78, 5) is 3.42. The highest BCUT2D eigenvalue weighted by Gasteiger charge is 2.31. The Morgan fingerprint density at radius 1 is 0.828 bits per heavy atom. The summed E-state index contributed by atoms with van der Waals surface area (Å²) < 4.78 is 2.32. The van der Waals surface area contributed by atoms with Gasteiger partial charge in [0.15, 0.2) is 0 Å². The van der Waals surface area contributed by atoms with Crippen molar-refractivity contribution >= 4 is 21.8 Å². The molecule has 1 aromatic heterocycles. The fourth-order valence-corrected chi connectivity index (χ4v) is 5.86. The maximum absolute atomic E-state index is 11.0. The number of aromatic nitrogens is 1. The zero-order valence-electron chi connectivity index (χ0n) is 17.4. The number of aliphatic hydroxyl groups is 1. The summed E-state index contributed by atoms with van der Waals surface area (Å²) in [6.45, 7) is 6.51. The Hall–Kier alpha value is -1.88. The molecule has 1 saturated heterocycles. The number of hydrogen-bond acceptors (Lipinski definition) is 1. The number of benzene rings is 2. The number of nitrogens with zero attached hydrogens (tertiary/aromatic N) is 1. The fourth-order valence-electron chi connectivity index (χ4n) is 5.86. The van der Waals surface area contributed by atoms with Crippen LogP contribution in [0.15, 0.2) is 48.5 Å². The van der Waals surface area contributed by atoms with Crippen molar-refractivity contribution in [3.05, 3.63) is 48.5 Å². The highest BCUT2D eigenvalue weighted by atomic mass is 16.3. The maximum Gasteiger partial charge on any atom is 0.127 e. The lowest BCUT2D eigenvalue weighted by Gasteiger charge is -2.36. The summed E-state index contributed by atoms with van der Waals surface area (Å²) in [5.41, 5.74) is 2.46. The van der Waals surface area contributed by atoms with Gasteiger partial charge in [-0.25, -0.2) is 0 Å². The normalized spacial score (nSPS) is 24.9. The van der Waals surface area contributed by atoms with Gasteiger partial charge in [0.1, 0.15) is 38.8 Å². The number of fused-ring (bicyclic) bond motifs is 3. The van der Waals surface area contributed by atoms with Crippen LogP contribution in [-0.4, -0.2) is 54.5 Å². The van der Waals surface area contributed by atoms with E-state index in [1.165, 1.54) is 80.1 Å². The van der Waals surface area contributed by atoms with Crippen LogP contribution in [0.3, 0.4) is 0 Å². The van der Waals surface area contributed by atoms with Gasteiger partial charge in [-0.1, -0.05) is 42.8 Å². The smallest absolute Gasteiger partial charge is 0.127 e. The molecular formula is C25H35N3O+2. The standard InChI is InChI=1S/C25H33N3O/c29-21(18-26-14-16-27(17-15-26)20-8-2-1-3-9-20)19-28-24-12-6-4-10-22(24)23-11-5-7-13-25(23)28/h4-7,10-13,20-21,29H,1-3,8-9,14-19H2/p+2/t21-/m0/s1. The van der Waals surface area contributed by atoms with Crippen molar-refractivity contribution in [3.63, 3.8) is 0 Å². The molecule has 2 aliphatic rings. The van der Waals surface area contributed by atoms with Crippen LogP contribution in [0.25, 0.3) is 21.8 Å². The predicted molar refractivity (Wildman–Crippen MR) is 119 cm³/mol. The molecule has 2 aromatic carbocycles. The lowest BCUT2D eigenvalue weighted by molar-refractivity contribution is -1.02. The molecule has 3 aromatic rings. The third-order valence-electron chi connectivity index (χ3n) is 7.38. The van der Waals surface area contributed by atoms with Crippen LogP contribution in [0.2, 0.25) is 0 Å². The van der Waals surface area contributed by atoms with Crippen molar-refractivity contribution in [3.8, 4) is 0 Å². The van der Waals surface area contributed by atoms with E-state index < -0.39 is 0 Å². The summed E-state index contributed by atoms with van der Waals surface area (Å²) >= 11 is 0. The van der Waals surface area contributed by atoms with Gasteiger partial charge in [-0.15, -0.1) is 0 Å². The molecule has 0 amide bonds. The summed E-state index contributed by atoms with van der Waals surface area (Å²) in [7, 11) is 0. The molecule has 154 valence electrons. The lowest BCUT2D eigenvalue weighted by Crippen LogP contribution is -3.30. The second-order valence-corrected chi connectivity index (χ2v) is 9.25. The zero-order valence-corrected chi connectivity index (χ0v) is 17.4. The molecular weight excluding hydrogens is 358 g/mol. The number of hydrogen-bond donors (Lipinski definition) is 3. The molecule has 0 bridgehead atoms. The molecule has 2 fully saturated rings. The maximum atomic E-state index is 11.0. The second-order valence-electron chi connectivity index (χ2n) is 9.25. The molecule has 1 atom stereocenters. The van der Waals surface area contributed by atoms with E-state index in [2.05, 4.69) is 53.1 Å². The molecule has 1 aliphatic heterocycles. The third kappa shape index (κ3) is 3.94. The van der Waals surface area contributed by atoms with Crippen LogP contribution in [0.4, 0.5) is 0 Å². The Labute approximate surface area is 173 Å². The van der Waals surface area contributed by atoms with Crippen LogP contribution in [-0.2, 0) is 6.54 Å². The number of piperazine rings is 1. The topological polar surface area (TPSA) is 34.0 Å². The minimum Gasteiger partial charge on any atom is -0.385 e. The van der Waals surface area contributed by atoms with Gasteiger partial charge in [0.25, 0.3) is 0 Å². The monoisotopic (exact) mass is 393 g/mol. The van der Waals surface area contributed by atoms with E-state index in [4.69, 9.17) is 0 Å². The van der Waals surface area contributed by atoms with Crippen LogP contribution >= 0.6 is 0 Å². The van der Waals surface area contributed by atoms with Gasteiger partial charge in [-0.3, -0.25) is 0 Å². The van der Waals surface area contributed by atoms with Crippen LogP contribution < -0.4 is 9.80 Å². The first-order valence-corrected chi connectivity index (χ1v) is 11.6. The van der Waals surface area contributed by atoms with E-state index in [9.17, 15) is 5.11 Å². The van der Waals surface area contributed by atoms with E-state index in [1.807, 2.05) is 4.90 Å². The highest BCUT2D eigenvalue weighted by molar-refractivity contribution is 6.07. The highest BCUT2D eigenvalue weighted by Crippen LogP contribution is 2.28. The molecule has 0 radical (unpaired) electrons. The molecule has 3 N–H and O–H groups in total. The average Bonchev–Trinajstić information content (AvgIpc) is 3.09. The van der Waals surface area contributed by atoms with E-state index in [0.717, 1.165) is 12.6 Å². The largest absolute Gasteiger partial charge is 0.385 e. The molecule has 4 heteroatoms. The van der Waals surface area contributed by atoms with Crippen molar-refractivity contribution in [2.75, 3.05) is 32.7 Å². The van der Waals surface area contributed by atoms with E-state index in [1.54, 1.807) is 4.90 Å². The van der Waals surface area contributed by atoms with Crippen LogP contribution in [0.5, 0.6) is 0 Å². The van der Waals surface area contributed by atoms with E-state index in [0.29, 0.717) is 6.54 Å². The van der Waals surface area contributed by atoms with Crippen molar-refractivity contribution in [1.29, 1.82) is 0 Å². The number of para-hydroxylation sites is 2. The Morgan fingerprint density at radius 3 is 2.03 bits per heavy atom. The number of aliphatic hydroxyl groups excluding tert-OH is 1. The van der Waals surface area contributed by atoms with Crippen molar-refractivity contribution < 1.29 is 14.9 Å². The summed E-state index contributed by atoms with van der Waals surface area (Å²) in [5.74, 6) is 0. The van der Waals surface area contributed by atoms with Crippen molar-refractivity contribution in [2.45, 2.75) is 50.8 Å². The van der Waals surface area contributed by atoms with Crippen molar-refractivity contribution in [1.82, 2.24) is 4.57 Å². The second kappa shape index (κ2) is 8.47. The molecule has 0 unspecified atom stereocenters. The molecule has 5 rings (SSSR count). The summed E-state index contributed by atoms with van der Waals surface area (Å²) in [6, 6.07) is 18.1. The van der Waals surface area contributed by atoms with E-state index in [-0.39, 0.29) is 6.10 Å². The van der Waals surface area contributed by atoms with Gasteiger partial charge in [-0.05, 0) is 37.8 Å². The summed E-state index contributed by atoms with van der Waals surface area (Å²) in [5, 5.41) is 13.5. The minimum atomic E-state index is -0.305. The Morgan fingerprint density at radius 2 is 1.41 bits per heavy atom. The Balaban J connectivity index is 1.24. The fraction of sp³-hybridized carbons (Fsp3) is 0.520. The van der Waals surface area contributed by atoms with Gasteiger partial charge in [0.2, 0.25) is 0 Å². The first-order chi connectivity index (χ1) is 14.3. The van der Waals surface area contributed by atoms with Gasteiger partial charge < -0.3 is 19.5 Å². The molecule has 1 aliphatic carbocycles. The Bertz CT molecular complexity index is 898. The van der Waals surface area contributed by atoms with E-state index >= 15 is 0 Å². The SMILES string of the molecule is O[C@H](Cn1c2ccccc2c2ccccc21)C[NH+]1CC[NH+](C2CCCCC2)CC1. The van der Waals surface area contributed by atoms with Gasteiger partial charge >= 0.3 is 0 Å². The molecule has 0 spiro atoms.